The molecule has 126 valence electrons. The molecule has 1 N–H and O–H groups in total. The molecule has 0 spiro atoms. The van der Waals surface area contributed by atoms with E-state index in [4.69, 9.17) is 5.26 Å². The monoisotopic (exact) mass is 344 g/mol. The number of aliphatic hydroxyl groups is 1. The van der Waals surface area contributed by atoms with E-state index in [0.717, 1.165) is 5.56 Å². The molecule has 0 bridgehead atoms. The molecule has 0 aromatic heterocycles. The van der Waals surface area contributed by atoms with Crippen LogP contribution in [0.25, 0.3) is 0 Å². The summed E-state index contributed by atoms with van der Waals surface area (Å²) in [5, 5.41) is 19.3. The molecule has 24 heavy (non-hydrogen) atoms. The highest BCUT2D eigenvalue weighted by atomic mass is 32.2. The molecule has 0 amide bonds. The Labute approximate surface area is 142 Å². The molecule has 0 saturated heterocycles. The molecule has 0 aliphatic carbocycles. The van der Waals surface area contributed by atoms with Crippen molar-refractivity contribution in [1.29, 1.82) is 5.26 Å². The number of aryl methyl sites for hydroxylation is 1. The van der Waals surface area contributed by atoms with E-state index in [9.17, 15) is 13.5 Å². The zero-order chi connectivity index (χ0) is 17.7. The number of aliphatic hydroxyl groups excluding tert-OH is 1. The Morgan fingerprint density at radius 2 is 1.88 bits per heavy atom. The Morgan fingerprint density at radius 1 is 1.21 bits per heavy atom. The second-order valence-corrected chi connectivity index (χ2v) is 7.46. The summed E-state index contributed by atoms with van der Waals surface area (Å²) >= 11 is 0. The lowest BCUT2D eigenvalue weighted by Gasteiger charge is -2.23. The Morgan fingerprint density at radius 3 is 2.46 bits per heavy atom. The molecule has 0 radical (unpaired) electrons. The molecule has 5 nitrogen and oxygen atoms in total. The highest BCUT2D eigenvalue weighted by Crippen LogP contribution is 2.21. The summed E-state index contributed by atoms with van der Waals surface area (Å²) in [7, 11) is -3.77. The van der Waals surface area contributed by atoms with Gasteiger partial charge in [0.2, 0.25) is 10.0 Å². The Bertz CT molecular complexity index is 839. The third kappa shape index (κ3) is 4.01. The summed E-state index contributed by atoms with van der Waals surface area (Å²) in [5.41, 5.74) is 2.02. The molecule has 0 fully saturated rings. The maximum absolute atomic E-state index is 12.8. The van der Waals surface area contributed by atoms with E-state index in [1.807, 2.05) is 25.1 Å². The number of hydrogen-bond acceptors (Lipinski definition) is 4. The number of rotatable bonds is 6. The van der Waals surface area contributed by atoms with Gasteiger partial charge in [0.1, 0.15) is 0 Å². The average Bonchev–Trinajstić information content (AvgIpc) is 2.59. The molecular formula is C18H20N2O3S. The van der Waals surface area contributed by atoms with E-state index >= 15 is 0 Å². The van der Waals surface area contributed by atoms with Crippen LogP contribution in [0.1, 0.15) is 29.7 Å². The topological polar surface area (TPSA) is 81.4 Å². The summed E-state index contributed by atoms with van der Waals surface area (Å²) < 4.78 is 26.7. The second-order valence-electron chi connectivity index (χ2n) is 5.52. The van der Waals surface area contributed by atoms with Gasteiger partial charge in [0, 0.05) is 13.1 Å². The molecule has 0 saturated carbocycles. The van der Waals surface area contributed by atoms with Gasteiger partial charge < -0.3 is 5.11 Å². The van der Waals surface area contributed by atoms with Crippen molar-refractivity contribution in [2.45, 2.75) is 24.8 Å². The van der Waals surface area contributed by atoms with Crippen LogP contribution in [0.4, 0.5) is 0 Å². The number of hydrogen-bond donors (Lipinski definition) is 1. The van der Waals surface area contributed by atoms with Gasteiger partial charge in [-0.2, -0.15) is 9.57 Å². The van der Waals surface area contributed by atoms with E-state index in [1.54, 1.807) is 25.1 Å². The van der Waals surface area contributed by atoms with Crippen molar-refractivity contribution in [3.05, 3.63) is 65.2 Å². The highest BCUT2D eigenvalue weighted by molar-refractivity contribution is 7.89. The lowest BCUT2D eigenvalue weighted by molar-refractivity contribution is 0.149. The zero-order valence-corrected chi connectivity index (χ0v) is 14.5. The minimum atomic E-state index is -3.77. The molecule has 0 aliphatic heterocycles. The van der Waals surface area contributed by atoms with Crippen LogP contribution < -0.4 is 0 Å². The van der Waals surface area contributed by atoms with Gasteiger partial charge in [-0.3, -0.25) is 0 Å². The molecule has 0 heterocycles. The van der Waals surface area contributed by atoms with E-state index < -0.39 is 16.1 Å². The van der Waals surface area contributed by atoms with Crippen molar-refractivity contribution >= 4 is 10.0 Å². The summed E-state index contributed by atoms with van der Waals surface area (Å²) in [5.74, 6) is 0. The van der Waals surface area contributed by atoms with Crippen molar-refractivity contribution in [1.82, 2.24) is 4.31 Å². The SMILES string of the molecule is CCN(C[C@@H](O)c1ccc(C)cc1)S(=O)(=O)c1cccc(C#N)c1. The lowest BCUT2D eigenvalue weighted by atomic mass is 10.1. The molecule has 0 unspecified atom stereocenters. The minimum absolute atomic E-state index is 0.0430. The fourth-order valence-electron chi connectivity index (χ4n) is 2.36. The van der Waals surface area contributed by atoms with Crippen LogP contribution in [0.3, 0.4) is 0 Å². The number of nitriles is 1. The molecule has 2 aromatic rings. The van der Waals surface area contributed by atoms with Gasteiger partial charge in [0.05, 0.1) is 22.6 Å². The molecule has 2 aromatic carbocycles. The molecule has 0 aliphatic rings. The van der Waals surface area contributed by atoms with Crippen molar-refractivity contribution in [2.24, 2.45) is 0 Å². The zero-order valence-electron chi connectivity index (χ0n) is 13.7. The van der Waals surface area contributed by atoms with Crippen LogP contribution in [0, 0.1) is 18.3 Å². The Hall–Kier alpha value is -2.20. The van der Waals surface area contributed by atoms with Crippen LogP contribution in [0.2, 0.25) is 0 Å². The number of nitrogens with zero attached hydrogens (tertiary/aromatic N) is 2. The summed E-state index contributed by atoms with van der Waals surface area (Å²) in [4.78, 5) is 0.0551. The average molecular weight is 344 g/mol. The Balaban J connectivity index is 2.26. The van der Waals surface area contributed by atoms with E-state index in [0.29, 0.717) is 5.56 Å². The summed E-state index contributed by atoms with van der Waals surface area (Å²) in [6.07, 6.45) is -0.917. The van der Waals surface area contributed by atoms with E-state index in [-0.39, 0.29) is 23.5 Å². The fourth-order valence-corrected chi connectivity index (χ4v) is 3.86. The third-order valence-electron chi connectivity index (χ3n) is 3.79. The second kappa shape index (κ2) is 7.58. The van der Waals surface area contributed by atoms with Gasteiger partial charge in [-0.15, -0.1) is 0 Å². The van der Waals surface area contributed by atoms with Gasteiger partial charge >= 0.3 is 0 Å². The van der Waals surface area contributed by atoms with Gasteiger partial charge in [0.15, 0.2) is 0 Å². The quantitative estimate of drug-likeness (QED) is 0.873. The first-order valence-electron chi connectivity index (χ1n) is 7.63. The largest absolute Gasteiger partial charge is 0.387 e. The van der Waals surface area contributed by atoms with Crippen LogP contribution in [-0.2, 0) is 10.0 Å². The lowest BCUT2D eigenvalue weighted by Crippen LogP contribution is -2.34. The standard InChI is InChI=1S/C18H20N2O3S/c1-3-20(13-18(21)16-9-7-14(2)8-10-16)24(22,23)17-6-4-5-15(11-17)12-19/h4-11,18,21H,3,13H2,1-2H3/t18-/m1/s1. The molecule has 1 atom stereocenters. The van der Waals surface area contributed by atoms with Crippen LogP contribution in [0.5, 0.6) is 0 Å². The first-order valence-corrected chi connectivity index (χ1v) is 9.07. The summed E-state index contributed by atoms with van der Waals surface area (Å²) in [6.45, 7) is 3.84. The van der Waals surface area contributed by atoms with E-state index in [1.165, 1.54) is 22.5 Å². The summed E-state index contributed by atoms with van der Waals surface area (Å²) in [6, 6.07) is 15.2. The number of sulfonamides is 1. The van der Waals surface area contributed by atoms with Crippen molar-refractivity contribution < 1.29 is 13.5 Å². The van der Waals surface area contributed by atoms with Gasteiger partial charge in [-0.1, -0.05) is 42.8 Å². The van der Waals surface area contributed by atoms with Crippen molar-refractivity contribution in [2.75, 3.05) is 13.1 Å². The minimum Gasteiger partial charge on any atom is -0.387 e. The Kier molecular flexibility index (Phi) is 5.73. The predicted octanol–water partition coefficient (Wildman–Crippen LogP) is 2.61. The maximum atomic E-state index is 12.8. The van der Waals surface area contributed by atoms with E-state index in [2.05, 4.69) is 0 Å². The first-order chi connectivity index (χ1) is 11.4. The highest BCUT2D eigenvalue weighted by Gasteiger charge is 2.26. The first kappa shape index (κ1) is 18.1. The smallest absolute Gasteiger partial charge is 0.243 e. The van der Waals surface area contributed by atoms with Gasteiger partial charge in [0.25, 0.3) is 0 Å². The van der Waals surface area contributed by atoms with Crippen LogP contribution >= 0.6 is 0 Å². The fraction of sp³-hybridized carbons (Fsp3) is 0.278. The van der Waals surface area contributed by atoms with Gasteiger partial charge in [-0.05, 0) is 30.7 Å². The van der Waals surface area contributed by atoms with Crippen LogP contribution in [0.15, 0.2) is 53.4 Å². The van der Waals surface area contributed by atoms with Crippen molar-refractivity contribution in [3.8, 4) is 6.07 Å². The van der Waals surface area contributed by atoms with Crippen LogP contribution in [-0.4, -0.2) is 30.9 Å². The molecular weight excluding hydrogens is 324 g/mol. The normalized spacial score (nSPS) is 12.8. The van der Waals surface area contributed by atoms with Crippen molar-refractivity contribution in [3.63, 3.8) is 0 Å². The molecule has 6 heteroatoms. The number of likely N-dealkylation sites (N-methyl/N-ethyl adjacent to an activating group) is 1. The maximum Gasteiger partial charge on any atom is 0.243 e. The predicted molar refractivity (Wildman–Crippen MR) is 91.7 cm³/mol. The molecule has 2 rings (SSSR count). The van der Waals surface area contributed by atoms with Gasteiger partial charge in [-0.25, -0.2) is 8.42 Å². The third-order valence-corrected chi connectivity index (χ3v) is 5.73. The number of benzene rings is 2.